The van der Waals surface area contributed by atoms with Gasteiger partial charge in [-0.15, -0.1) is 22.7 Å². The molecule has 1 N–H and O–H groups in total. The van der Waals surface area contributed by atoms with E-state index < -0.39 is 0 Å². The van der Waals surface area contributed by atoms with Gasteiger partial charge in [0.1, 0.15) is 5.01 Å². The van der Waals surface area contributed by atoms with E-state index in [2.05, 4.69) is 10.3 Å². The molecule has 0 bridgehead atoms. The van der Waals surface area contributed by atoms with E-state index in [4.69, 9.17) is 11.6 Å². The quantitative estimate of drug-likeness (QED) is 0.395. The number of aromatic nitrogens is 1. The highest BCUT2D eigenvalue weighted by molar-refractivity contribution is 7.18. The molecular formula is C22H18ClN3O2S2. The molecule has 2 aromatic heterocycles. The van der Waals surface area contributed by atoms with E-state index in [-0.39, 0.29) is 17.9 Å². The van der Waals surface area contributed by atoms with Crippen LogP contribution in [-0.2, 0) is 0 Å². The zero-order valence-corrected chi connectivity index (χ0v) is 18.6. The van der Waals surface area contributed by atoms with E-state index in [0.29, 0.717) is 21.2 Å². The van der Waals surface area contributed by atoms with Gasteiger partial charge in [-0.3, -0.25) is 9.59 Å². The van der Waals surface area contributed by atoms with E-state index in [1.165, 1.54) is 11.3 Å². The number of anilines is 1. The van der Waals surface area contributed by atoms with Gasteiger partial charge < -0.3 is 10.2 Å². The minimum absolute atomic E-state index is 0.176. The SMILES string of the molecule is CC(c1nc2ccccc2s1)N(C)C(=O)c1ccc(Cl)c(NC(=O)c2cccs2)c1. The van der Waals surface area contributed by atoms with Crippen LogP contribution in [0.4, 0.5) is 5.69 Å². The number of para-hydroxylation sites is 1. The number of thiophene rings is 1. The number of carbonyl (C=O) groups is 2. The number of rotatable bonds is 5. The molecule has 2 heterocycles. The summed E-state index contributed by atoms with van der Waals surface area (Å²) in [5.74, 6) is -0.433. The van der Waals surface area contributed by atoms with Crippen LogP contribution in [0, 0.1) is 0 Å². The first-order chi connectivity index (χ1) is 14.4. The number of nitrogens with one attached hydrogen (secondary N) is 1. The van der Waals surface area contributed by atoms with Crippen LogP contribution in [0.5, 0.6) is 0 Å². The van der Waals surface area contributed by atoms with Gasteiger partial charge in [-0.1, -0.05) is 29.8 Å². The van der Waals surface area contributed by atoms with Crippen molar-refractivity contribution in [1.29, 1.82) is 0 Å². The maximum absolute atomic E-state index is 13.1. The van der Waals surface area contributed by atoms with Crippen LogP contribution >= 0.6 is 34.3 Å². The zero-order chi connectivity index (χ0) is 21.3. The topological polar surface area (TPSA) is 62.3 Å². The lowest BCUT2D eigenvalue weighted by molar-refractivity contribution is 0.0742. The average Bonchev–Trinajstić information content (AvgIpc) is 3.43. The van der Waals surface area contributed by atoms with Gasteiger partial charge in [0.15, 0.2) is 0 Å². The van der Waals surface area contributed by atoms with Crippen LogP contribution in [0.2, 0.25) is 5.02 Å². The van der Waals surface area contributed by atoms with Crippen LogP contribution in [0.1, 0.15) is 38.0 Å². The lowest BCUT2D eigenvalue weighted by Crippen LogP contribution is -2.29. The average molecular weight is 456 g/mol. The Morgan fingerprint density at radius 3 is 2.67 bits per heavy atom. The van der Waals surface area contributed by atoms with Gasteiger partial charge in [-0.25, -0.2) is 4.98 Å². The van der Waals surface area contributed by atoms with Crippen molar-refractivity contribution in [3.8, 4) is 0 Å². The summed E-state index contributed by atoms with van der Waals surface area (Å²) in [6.07, 6.45) is 0. The second-order valence-electron chi connectivity index (χ2n) is 6.74. The molecule has 5 nitrogen and oxygen atoms in total. The second kappa shape index (κ2) is 8.55. The van der Waals surface area contributed by atoms with Gasteiger partial charge in [0.05, 0.1) is 31.8 Å². The number of hydrogen-bond acceptors (Lipinski definition) is 5. The third kappa shape index (κ3) is 4.09. The molecule has 0 fully saturated rings. The largest absolute Gasteiger partial charge is 0.333 e. The molecule has 30 heavy (non-hydrogen) atoms. The Morgan fingerprint density at radius 1 is 1.13 bits per heavy atom. The first kappa shape index (κ1) is 20.5. The number of thiazole rings is 1. The smallest absolute Gasteiger partial charge is 0.265 e. The molecule has 1 unspecified atom stereocenters. The minimum atomic E-state index is -0.257. The Labute approximate surface area is 186 Å². The lowest BCUT2D eigenvalue weighted by Gasteiger charge is -2.23. The van der Waals surface area contributed by atoms with Crippen molar-refractivity contribution >= 4 is 62.0 Å². The lowest BCUT2D eigenvalue weighted by atomic mass is 10.1. The van der Waals surface area contributed by atoms with Gasteiger partial charge >= 0.3 is 0 Å². The van der Waals surface area contributed by atoms with Gasteiger partial charge in [-0.05, 0) is 48.7 Å². The summed E-state index contributed by atoms with van der Waals surface area (Å²) in [4.78, 5) is 32.3. The number of fused-ring (bicyclic) bond motifs is 1. The molecule has 0 radical (unpaired) electrons. The fourth-order valence-electron chi connectivity index (χ4n) is 2.96. The summed E-state index contributed by atoms with van der Waals surface area (Å²) in [5.41, 5.74) is 1.77. The van der Waals surface area contributed by atoms with Gasteiger partial charge in [-0.2, -0.15) is 0 Å². The second-order valence-corrected chi connectivity index (χ2v) is 9.16. The van der Waals surface area contributed by atoms with Crippen molar-refractivity contribution in [3.63, 3.8) is 0 Å². The van der Waals surface area contributed by atoms with Gasteiger partial charge in [0, 0.05) is 12.6 Å². The highest BCUT2D eigenvalue weighted by atomic mass is 35.5. The summed E-state index contributed by atoms with van der Waals surface area (Å²) in [6, 6.07) is 16.1. The molecule has 8 heteroatoms. The molecule has 4 rings (SSSR count). The molecule has 2 aromatic carbocycles. The predicted octanol–water partition coefficient (Wildman–Crippen LogP) is 6.10. The number of amides is 2. The summed E-state index contributed by atoms with van der Waals surface area (Å²) in [7, 11) is 1.75. The molecule has 152 valence electrons. The van der Waals surface area contributed by atoms with Crippen LogP contribution in [-0.4, -0.2) is 28.7 Å². The van der Waals surface area contributed by atoms with Crippen LogP contribution < -0.4 is 5.32 Å². The van der Waals surface area contributed by atoms with Gasteiger partial charge in [0.2, 0.25) is 0 Å². The molecule has 0 aliphatic carbocycles. The molecule has 0 aliphatic heterocycles. The molecule has 1 atom stereocenters. The molecule has 0 saturated heterocycles. The zero-order valence-electron chi connectivity index (χ0n) is 16.3. The molecule has 4 aromatic rings. The van der Waals surface area contributed by atoms with Crippen molar-refractivity contribution in [1.82, 2.24) is 9.88 Å². The number of halogens is 1. The fourth-order valence-corrected chi connectivity index (χ4v) is 4.81. The van der Waals surface area contributed by atoms with Crippen molar-refractivity contribution in [2.24, 2.45) is 0 Å². The minimum Gasteiger partial charge on any atom is -0.333 e. The van der Waals surface area contributed by atoms with E-state index >= 15 is 0 Å². The summed E-state index contributed by atoms with van der Waals surface area (Å²) in [5, 5.41) is 5.85. The molecular weight excluding hydrogens is 438 g/mol. The highest BCUT2D eigenvalue weighted by Gasteiger charge is 2.23. The van der Waals surface area contributed by atoms with Crippen LogP contribution in [0.15, 0.2) is 60.0 Å². The Kier molecular flexibility index (Phi) is 5.85. The highest BCUT2D eigenvalue weighted by Crippen LogP contribution is 2.30. The maximum atomic E-state index is 13.1. The van der Waals surface area contributed by atoms with E-state index in [0.717, 1.165) is 15.2 Å². The summed E-state index contributed by atoms with van der Waals surface area (Å²) < 4.78 is 1.09. The van der Waals surface area contributed by atoms with Crippen molar-refractivity contribution < 1.29 is 9.59 Å². The predicted molar refractivity (Wildman–Crippen MR) is 124 cm³/mol. The third-order valence-corrected chi connectivity index (χ3v) is 7.18. The monoisotopic (exact) mass is 455 g/mol. The molecule has 0 spiro atoms. The van der Waals surface area contributed by atoms with Crippen molar-refractivity contribution in [2.45, 2.75) is 13.0 Å². The van der Waals surface area contributed by atoms with Crippen molar-refractivity contribution in [3.05, 3.63) is 80.4 Å². The molecule has 0 saturated carbocycles. The maximum Gasteiger partial charge on any atom is 0.265 e. The molecule has 2 amide bonds. The number of carbonyl (C=O) groups excluding carboxylic acids is 2. The van der Waals surface area contributed by atoms with Crippen molar-refractivity contribution in [2.75, 3.05) is 12.4 Å². The van der Waals surface area contributed by atoms with Crippen LogP contribution in [0.3, 0.4) is 0 Å². The summed E-state index contributed by atoms with van der Waals surface area (Å²) >= 11 is 9.16. The van der Waals surface area contributed by atoms with E-state index in [1.54, 1.807) is 53.6 Å². The molecule has 0 aliphatic rings. The summed E-state index contributed by atoms with van der Waals surface area (Å²) in [6.45, 7) is 1.95. The van der Waals surface area contributed by atoms with Crippen LogP contribution in [0.25, 0.3) is 10.2 Å². The van der Waals surface area contributed by atoms with E-state index in [9.17, 15) is 9.59 Å². The Balaban J connectivity index is 1.55. The Bertz CT molecular complexity index is 1190. The third-order valence-electron chi connectivity index (χ3n) is 4.78. The number of benzene rings is 2. The van der Waals surface area contributed by atoms with Gasteiger partial charge in [0.25, 0.3) is 11.8 Å². The fraction of sp³-hybridized carbons (Fsp3) is 0.136. The standard InChI is InChI=1S/C22H18ClN3O2S2/c1-13(21-25-16-6-3-4-7-18(16)30-21)26(2)22(28)14-9-10-15(23)17(12-14)24-20(27)19-8-5-11-29-19/h3-13H,1-2H3,(H,24,27). The van der Waals surface area contributed by atoms with E-state index in [1.807, 2.05) is 36.6 Å². The number of hydrogen-bond donors (Lipinski definition) is 1. The first-order valence-electron chi connectivity index (χ1n) is 9.21. The normalized spacial score (nSPS) is 12.0. The Morgan fingerprint density at radius 2 is 1.93 bits per heavy atom. The Hall–Kier alpha value is -2.74. The first-order valence-corrected chi connectivity index (χ1v) is 11.3. The number of nitrogens with zero attached hydrogens (tertiary/aromatic N) is 2.